The van der Waals surface area contributed by atoms with Crippen LogP contribution in [0.4, 0.5) is 13.2 Å². The Labute approximate surface area is 137 Å². The summed E-state index contributed by atoms with van der Waals surface area (Å²) < 4.78 is 63.1. The highest BCUT2D eigenvalue weighted by Crippen LogP contribution is 2.30. The van der Waals surface area contributed by atoms with Crippen molar-refractivity contribution in [3.05, 3.63) is 70.1 Å². The van der Waals surface area contributed by atoms with Crippen LogP contribution in [0.3, 0.4) is 0 Å². The minimum Gasteiger partial charge on any atom is -0.218 e. The topological polar surface area (TPSA) is 57.9 Å². The summed E-state index contributed by atoms with van der Waals surface area (Å²) in [7, 11) is -4.10. The lowest BCUT2D eigenvalue weighted by Gasteiger charge is -2.07. The van der Waals surface area contributed by atoms with Crippen molar-refractivity contribution in [1.29, 1.82) is 5.26 Å². The van der Waals surface area contributed by atoms with Crippen LogP contribution in [0.1, 0.15) is 16.7 Å². The molecule has 0 unspecified atom stereocenters. The zero-order valence-corrected chi connectivity index (χ0v) is 13.3. The van der Waals surface area contributed by atoms with Gasteiger partial charge in [-0.05, 0) is 42.8 Å². The van der Waals surface area contributed by atoms with Gasteiger partial charge in [-0.3, -0.25) is 0 Å². The number of benzene rings is 2. The standard InChI is InChI=1S/C17H12F3NO2S/c1-12-5-7-15(8-6-12)24(22,23)16(11-21)10-13-3-2-4-14(9-13)17(18,19)20/h2-10H,1H3. The van der Waals surface area contributed by atoms with Crippen LogP contribution in [-0.2, 0) is 16.0 Å². The number of alkyl halides is 3. The number of halogens is 3. The molecule has 7 heteroatoms. The van der Waals surface area contributed by atoms with Crippen LogP contribution in [0.25, 0.3) is 6.08 Å². The minimum absolute atomic E-state index is 0.0166. The molecule has 0 aliphatic rings. The molecule has 0 N–H and O–H groups in total. The molecule has 2 aromatic carbocycles. The fraction of sp³-hybridized carbons (Fsp3) is 0.118. The zero-order chi connectivity index (χ0) is 18.0. The van der Waals surface area contributed by atoms with Crippen LogP contribution in [0.15, 0.2) is 58.3 Å². The third-order valence-corrected chi connectivity index (χ3v) is 4.92. The first-order valence-electron chi connectivity index (χ1n) is 6.75. The van der Waals surface area contributed by atoms with Crippen LogP contribution in [0.2, 0.25) is 0 Å². The molecule has 0 spiro atoms. The molecule has 0 aliphatic carbocycles. The Morgan fingerprint density at radius 1 is 1.12 bits per heavy atom. The molecule has 124 valence electrons. The summed E-state index contributed by atoms with van der Waals surface area (Å²) in [6.45, 7) is 1.78. The lowest BCUT2D eigenvalue weighted by molar-refractivity contribution is -0.137. The number of aryl methyl sites for hydroxylation is 1. The van der Waals surface area contributed by atoms with E-state index in [1.807, 2.05) is 0 Å². The van der Waals surface area contributed by atoms with Crippen LogP contribution in [0.5, 0.6) is 0 Å². The Balaban J connectivity index is 2.50. The van der Waals surface area contributed by atoms with Gasteiger partial charge in [0.2, 0.25) is 9.84 Å². The molecule has 0 fully saturated rings. The van der Waals surface area contributed by atoms with Gasteiger partial charge in [-0.15, -0.1) is 0 Å². The van der Waals surface area contributed by atoms with Gasteiger partial charge < -0.3 is 0 Å². The van der Waals surface area contributed by atoms with Crippen LogP contribution in [-0.4, -0.2) is 8.42 Å². The van der Waals surface area contributed by atoms with Gasteiger partial charge in [-0.1, -0.05) is 29.8 Å². The van der Waals surface area contributed by atoms with Crippen molar-refractivity contribution in [1.82, 2.24) is 0 Å². The summed E-state index contributed by atoms with van der Waals surface area (Å²) in [5.74, 6) is 0. The number of allylic oxidation sites excluding steroid dienone is 1. The Morgan fingerprint density at radius 3 is 2.29 bits per heavy atom. The second-order valence-corrected chi connectivity index (χ2v) is 6.98. The first-order valence-corrected chi connectivity index (χ1v) is 8.24. The Hall–Kier alpha value is -2.59. The predicted molar refractivity (Wildman–Crippen MR) is 83.4 cm³/mol. The first-order chi connectivity index (χ1) is 11.1. The Kier molecular flexibility index (Phi) is 4.81. The van der Waals surface area contributed by atoms with E-state index in [-0.39, 0.29) is 10.5 Å². The van der Waals surface area contributed by atoms with Gasteiger partial charge in [0.05, 0.1) is 10.5 Å². The molecule has 0 bridgehead atoms. The van der Waals surface area contributed by atoms with Gasteiger partial charge >= 0.3 is 6.18 Å². The van der Waals surface area contributed by atoms with Gasteiger partial charge in [-0.2, -0.15) is 18.4 Å². The van der Waals surface area contributed by atoms with E-state index in [0.717, 1.165) is 29.8 Å². The molecule has 0 aliphatic heterocycles. The smallest absolute Gasteiger partial charge is 0.218 e. The lowest BCUT2D eigenvalue weighted by atomic mass is 10.1. The third kappa shape index (κ3) is 3.84. The van der Waals surface area contributed by atoms with Crippen LogP contribution < -0.4 is 0 Å². The SMILES string of the molecule is Cc1ccc(S(=O)(=O)C(C#N)=Cc2cccc(C(F)(F)F)c2)cc1. The Bertz CT molecular complexity index is 922. The van der Waals surface area contributed by atoms with Crippen molar-refractivity contribution in [2.45, 2.75) is 18.0 Å². The average Bonchev–Trinajstić information content (AvgIpc) is 2.52. The van der Waals surface area contributed by atoms with Crippen molar-refractivity contribution in [2.75, 3.05) is 0 Å². The maximum Gasteiger partial charge on any atom is 0.416 e. The van der Waals surface area contributed by atoms with Gasteiger partial charge in [-0.25, -0.2) is 8.42 Å². The highest BCUT2D eigenvalue weighted by atomic mass is 32.2. The van der Waals surface area contributed by atoms with Gasteiger partial charge in [0.15, 0.2) is 0 Å². The van der Waals surface area contributed by atoms with E-state index in [2.05, 4.69) is 0 Å². The lowest BCUT2D eigenvalue weighted by Crippen LogP contribution is -2.05. The van der Waals surface area contributed by atoms with E-state index in [1.165, 1.54) is 18.2 Å². The Morgan fingerprint density at radius 2 is 1.75 bits per heavy atom. The molecule has 0 amide bonds. The van der Waals surface area contributed by atoms with Gasteiger partial charge in [0, 0.05) is 0 Å². The monoisotopic (exact) mass is 351 g/mol. The highest BCUT2D eigenvalue weighted by molar-refractivity contribution is 7.95. The molecule has 0 saturated carbocycles. The highest BCUT2D eigenvalue weighted by Gasteiger charge is 2.30. The average molecular weight is 351 g/mol. The van der Waals surface area contributed by atoms with Crippen molar-refractivity contribution in [2.24, 2.45) is 0 Å². The summed E-state index contributed by atoms with van der Waals surface area (Å²) in [5.41, 5.74) is -0.0901. The summed E-state index contributed by atoms with van der Waals surface area (Å²) in [4.78, 5) is -0.710. The summed E-state index contributed by atoms with van der Waals surface area (Å²) in [6.07, 6.45) is -3.61. The summed E-state index contributed by atoms with van der Waals surface area (Å²) in [6, 6.07) is 11.5. The maximum absolute atomic E-state index is 12.7. The fourth-order valence-corrected chi connectivity index (χ4v) is 3.13. The van der Waals surface area contributed by atoms with E-state index >= 15 is 0 Å². The van der Waals surface area contributed by atoms with E-state index in [9.17, 15) is 21.6 Å². The molecule has 0 saturated heterocycles. The second kappa shape index (κ2) is 6.49. The largest absolute Gasteiger partial charge is 0.416 e. The van der Waals surface area contributed by atoms with Crippen molar-refractivity contribution < 1.29 is 21.6 Å². The summed E-state index contributed by atoms with van der Waals surface area (Å²) >= 11 is 0. The third-order valence-electron chi connectivity index (χ3n) is 3.24. The molecule has 2 aromatic rings. The quantitative estimate of drug-likeness (QED) is 0.773. The van der Waals surface area contributed by atoms with Crippen LogP contribution >= 0.6 is 0 Å². The molecule has 0 aromatic heterocycles. The zero-order valence-electron chi connectivity index (χ0n) is 12.5. The molecule has 3 nitrogen and oxygen atoms in total. The normalized spacial score (nSPS) is 12.7. The number of hydrogen-bond donors (Lipinski definition) is 0. The number of hydrogen-bond acceptors (Lipinski definition) is 3. The number of sulfone groups is 1. The second-order valence-electron chi connectivity index (χ2n) is 5.06. The van der Waals surface area contributed by atoms with Crippen molar-refractivity contribution in [3.8, 4) is 6.07 Å². The van der Waals surface area contributed by atoms with E-state index < -0.39 is 26.5 Å². The summed E-state index contributed by atoms with van der Waals surface area (Å²) in [5, 5.41) is 9.15. The van der Waals surface area contributed by atoms with Crippen LogP contribution in [0, 0.1) is 18.3 Å². The molecule has 0 atom stereocenters. The van der Waals surface area contributed by atoms with Crippen molar-refractivity contribution in [3.63, 3.8) is 0 Å². The number of rotatable bonds is 3. The number of nitrogens with zero attached hydrogens (tertiary/aromatic N) is 1. The fourth-order valence-electron chi connectivity index (χ4n) is 1.97. The predicted octanol–water partition coefficient (Wildman–Crippen LogP) is 4.35. The minimum atomic E-state index is -4.55. The molecule has 2 rings (SSSR count). The molecular formula is C17H12F3NO2S. The number of nitriles is 1. The molecule has 24 heavy (non-hydrogen) atoms. The first kappa shape index (κ1) is 17.8. The van der Waals surface area contributed by atoms with Crippen molar-refractivity contribution >= 4 is 15.9 Å². The van der Waals surface area contributed by atoms with E-state index in [0.29, 0.717) is 0 Å². The van der Waals surface area contributed by atoms with E-state index in [1.54, 1.807) is 25.1 Å². The van der Waals surface area contributed by atoms with E-state index in [4.69, 9.17) is 5.26 Å². The maximum atomic E-state index is 12.7. The molecule has 0 heterocycles. The van der Waals surface area contributed by atoms with Gasteiger partial charge in [0.25, 0.3) is 0 Å². The molecular weight excluding hydrogens is 339 g/mol. The van der Waals surface area contributed by atoms with Gasteiger partial charge in [0.1, 0.15) is 11.0 Å². The molecule has 0 radical (unpaired) electrons.